The number of hydrogen-bond acceptors (Lipinski definition) is 3. The maximum atomic E-state index is 12.3. The number of carbonyl (C=O) groups excluding carboxylic acids is 1. The largest absolute Gasteiger partial charge is 0.355 e. The first-order chi connectivity index (χ1) is 12.3. The van der Waals surface area contributed by atoms with E-state index in [4.69, 9.17) is 0 Å². The van der Waals surface area contributed by atoms with Crippen LogP contribution in [0.5, 0.6) is 0 Å². The van der Waals surface area contributed by atoms with Crippen LogP contribution in [0.2, 0.25) is 0 Å². The summed E-state index contributed by atoms with van der Waals surface area (Å²) in [5.74, 6) is -0.301. The van der Waals surface area contributed by atoms with Crippen molar-refractivity contribution in [1.82, 2.24) is 5.32 Å². The van der Waals surface area contributed by atoms with Gasteiger partial charge in [-0.2, -0.15) is 0 Å². The number of sulfonamides is 1. The maximum Gasteiger partial charge on any atom is 0.240 e. The Morgan fingerprint density at radius 3 is 2.38 bits per heavy atom. The van der Waals surface area contributed by atoms with Gasteiger partial charge in [-0.3, -0.25) is 9.10 Å². The molecule has 0 bridgehead atoms. The van der Waals surface area contributed by atoms with Gasteiger partial charge in [-0.25, -0.2) is 8.42 Å². The van der Waals surface area contributed by atoms with Crippen LogP contribution in [0.4, 0.5) is 5.69 Å². The van der Waals surface area contributed by atoms with Crippen molar-refractivity contribution in [3.63, 3.8) is 0 Å². The number of amides is 1. The van der Waals surface area contributed by atoms with E-state index in [9.17, 15) is 13.2 Å². The SMILES string of the molecule is Cc1cccc(N(CC(=O)NCCCc2ccccc2)S(C)(=O)=O)c1C. The second-order valence-electron chi connectivity index (χ2n) is 6.43. The van der Waals surface area contributed by atoms with Gasteiger partial charge in [-0.05, 0) is 49.4 Å². The summed E-state index contributed by atoms with van der Waals surface area (Å²) in [6, 6.07) is 15.5. The fraction of sp³-hybridized carbons (Fsp3) is 0.350. The van der Waals surface area contributed by atoms with E-state index in [-0.39, 0.29) is 12.5 Å². The smallest absolute Gasteiger partial charge is 0.240 e. The number of benzene rings is 2. The van der Waals surface area contributed by atoms with E-state index >= 15 is 0 Å². The van der Waals surface area contributed by atoms with Gasteiger partial charge >= 0.3 is 0 Å². The molecule has 0 aliphatic heterocycles. The molecule has 0 aliphatic carbocycles. The second-order valence-corrected chi connectivity index (χ2v) is 8.33. The van der Waals surface area contributed by atoms with Gasteiger partial charge in [0.15, 0.2) is 0 Å². The van der Waals surface area contributed by atoms with Crippen LogP contribution >= 0.6 is 0 Å². The van der Waals surface area contributed by atoms with Gasteiger partial charge in [-0.1, -0.05) is 42.5 Å². The third kappa shape index (κ3) is 5.59. The van der Waals surface area contributed by atoms with E-state index in [2.05, 4.69) is 5.32 Å². The summed E-state index contributed by atoms with van der Waals surface area (Å²) in [5.41, 5.74) is 3.61. The minimum Gasteiger partial charge on any atom is -0.355 e. The molecule has 0 saturated carbocycles. The lowest BCUT2D eigenvalue weighted by Crippen LogP contribution is -2.41. The molecule has 0 spiro atoms. The van der Waals surface area contributed by atoms with Gasteiger partial charge < -0.3 is 5.32 Å². The third-order valence-electron chi connectivity index (χ3n) is 4.34. The quantitative estimate of drug-likeness (QED) is 0.723. The highest BCUT2D eigenvalue weighted by Gasteiger charge is 2.22. The fourth-order valence-corrected chi connectivity index (χ4v) is 3.65. The van der Waals surface area contributed by atoms with Gasteiger partial charge in [0, 0.05) is 6.54 Å². The summed E-state index contributed by atoms with van der Waals surface area (Å²) >= 11 is 0. The molecule has 0 saturated heterocycles. The van der Waals surface area contributed by atoms with Crippen molar-refractivity contribution in [1.29, 1.82) is 0 Å². The van der Waals surface area contributed by atoms with Gasteiger partial charge in [0.25, 0.3) is 0 Å². The summed E-state index contributed by atoms with van der Waals surface area (Å²) in [4.78, 5) is 12.3. The first-order valence-electron chi connectivity index (χ1n) is 8.63. The third-order valence-corrected chi connectivity index (χ3v) is 5.47. The summed E-state index contributed by atoms with van der Waals surface area (Å²) < 4.78 is 25.6. The molecule has 0 radical (unpaired) electrons. The highest BCUT2D eigenvalue weighted by molar-refractivity contribution is 7.92. The van der Waals surface area contributed by atoms with Crippen molar-refractivity contribution in [2.45, 2.75) is 26.7 Å². The number of nitrogens with zero attached hydrogens (tertiary/aromatic N) is 1. The van der Waals surface area contributed by atoms with Crippen LogP contribution < -0.4 is 9.62 Å². The Kier molecular flexibility index (Phi) is 6.80. The van der Waals surface area contributed by atoms with E-state index in [1.165, 1.54) is 9.87 Å². The first kappa shape index (κ1) is 20.0. The van der Waals surface area contributed by atoms with Gasteiger partial charge in [0.1, 0.15) is 6.54 Å². The molecule has 2 rings (SSSR count). The highest BCUT2D eigenvalue weighted by atomic mass is 32.2. The number of aryl methyl sites for hydroxylation is 2. The van der Waals surface area contributed by atoms with E-state index in [1.807, 2.05) is 50.2 Å². The predicted octanol–water partition coefficient (Wildman–Crippen LogP) is 2.82. The average molecular weight is 375 g/mol. The van der Waals surface area contributed by atoms with Crippen LogP contribution in [-0.2, 0) is 21.2 Å². The lowest BCUT2D eigenvalue weighted by atomic mass is 10.1. The van der Waals surface area contributed by atoms with E-state index in [0.29, 0.717) is 12.2 Å². The molecule has 2 aromatic rings. The van der Waals surface area contributed by atoms with Gasteiger partial charge in [0.2, 0.25) is 15.9 Å². The summed E-state index contributed by atoms with van der Waals surface area (Å²) in [6.45, 7) is 4.08. The number of rotatable bonds is 8. The molecule has 0 aromatic heterocycles. The van der Waals surface area contributed by atoms with Crippen LogP contribution in [0.3, 0.4) is 0 Å². The summed E-state index contributed by atoms with van der Waals surface area (Å²) in [7, 11) is -3.55. The molecule has 1 N–H and O–H groups in total. The maximum absolute atomic E-state index is 12.3. The Hall–Kier alpha value is -2.34. The zero-order valence-electron chi connectivity index (χ0n) is 15.5. The monoisotopic (exact) mass is 374 g/mol. The van der Waals surface area contributed by atoms with Crippen LogP contribution in [-0.4, -0.2) is 33.7 Å². The second kappa shape index (κ2) is 8.85. The Morgan fingerprint density at radius 2 is 1.73 bits per heavy atom. The minimum absolute atomic E-state index is 0.214. The van der Waals surface area contributed by atoms with E-state index in [1.54, 1.807) is 12.1 Å². The molecule has 26 heavy (non-hydrogen) atoms. The minimum atomic E-state index is -3.55. The molecule has 0 fully saturated rings. The van der Waals surface area contributed by atoms with E-state index in [0.717, 1.165) is 30.2 Å². The summed E-state index contributed by atoms with van der Waals surface area (Å²) in [6.07, 6.45) is 2.80. The molecule has 2 aromatic carbocycles. The Labute approximate surface area is 156 Å². The normalized spacial score (nSPS) is 11.2. The molecule has 6 heteroatoms. The standard InChI is InChI=1S/C20H26N2O3S/c1-16-9-7-13-19(17(16)2)22(26(3,24)25)15-20(23)21-14-8-12-18-10-5-4-6-11-18/h4-7,9-11,13H,8,12,14-15H2,1-3H3,(H,21,23). The van der Waals surface area contributed by atoms with Crippen LogP contribution in [0, 0.1) is 13.8 Å². The zero-order valence-corrected chi connectivity index (χ0v) is 16.3. The highest BCUT2D eigenvalue weighted by Crippen LogP contribution is 2.24. The molecule has 0 heterocycles. The Balaban J connectivity index is 1.96. The van der Waals surface area contributed by atoms with E-state index < -0.39 is 10.0 Å². The number of hydrogen-bond donors (Lipinski definition) is 1. The van der Waals surface area contributed by atoms with Gasteiger partial charge in [-0.15, -0.1) is 0 Å². The average Bonchev–Trinajstić information content (AvgIpc) is 2.59. The first-order valence-corrected chi connectivity index (χ1v) is 10.5. The molecule has 0 unspecified atom stereocenters. The number of nitrogens with one attached hydrogen (secondary N) is 1. The topological polar surface area (TPSA) is 66.5 Å². The van der Waals surface area contributed by atoms with Crippen molar-refractivity contribution < 1.29 is 13.2 Å². The fourth-order valence-electron chi connectivity index (χ4n) is 2.74. The van der Waals surface area contributed by atoms with Crippen molar-refractivity contribution in [2.24, 2.45) is 0 Å². The lowest BCUT2D eigenvalue weighted by Gasteiger charge is -2.24. The Bertz CT molecular complexity index is 849. The molecule has 0 atom stereocenters. The summed E-state index contributed by atoms with van der Waals surface area (Å²) in [5, 5.41) is 2.81. The van der Waals surface area contributed by atoms with Crippen molar-refractivity contribution in [3.05, 3.63) is 65.2 Å². The molecular formula is C20H26N2O3S. The van der Waals surface area contributed by atoms with Crippen LogP contribution in [0.15, 0.2) is 48.5 Å². The van der Waals surface area contributed by atoms with Crippen molar-refractivity contribution in [2.75, 3.05) is 23.7 Å². The molecule has 1 amide bonds. The molecular weight excluding hydrogens is 348 g/mol. The van der Waals surface area contributed by atoms with Crippen LogP contribution in [0.25, 0.3) is 0 Å². The van der Waals surface area contributed by atoms with Crippen molar-refractivity contribution in [3.8, 4) is 0 Å². The zero-order chi connectivity index (χ0) is 19.2. The lowest BCUT2D eigenvalue weighted by molar-refractivity contribution is -0.119. The predicted molar refractivity (Wildman–Crippen MR) is 106 cm³/mol. The number of carbonyl (C=O) groups is 1. The Morgan fingerprint density at radius 1 is 1.04 bits per heavy atom. The van der Waals surface area contributed by atoms with Crippen molar-refractivity contribution >= 4 is 21.6 Å². The van der Waals surface area contributed by atoms with Crippen LogP contribution in [0.1, 0.15) is 23.1 Å². The molecule has 5 nitrogen and oxygen atoms in total. The number of anilines is 1. The molecule has 0 aliphatic rings. The molecule has 140 valence electrons. The van der Waals surface area contributed by atoms with Gasteiger partial charge in [0.05, 0.1) is 11.9 Å².